The lowest BCUT2D eigenvalue weighted by molar-refractivity contribution is -0.151. The Balaban J connectivity index is 4.47. The van der Waals surface area contributed by atoms with Crippen LogP contribution in [0.3, 0.4) is 0 Å². The molecule has 0 saturated carbocycles. The van der Waals surface area contributed by atoms with Crippen molar-refractivity contribution in [3.8, 4) is 0 Å². The number of esters is 1. The third kappa shape index (κ3) is 42.6. The average molecular weight is 830 g/mol. The summed E-state index contributed by atoms with van der Waals surface area (Å²) in [7, 11) is 0. The van der Waals surface area contributed by atoms with Crippen LogP contribution in [0.2, 0.25) is 0 Å². The molecule has 3 unspecified atom stereocenters. The normalized spacial score (nSPS) is 13.5. The Hall–Kier alpha value is -1.92. The van der Waals surface area contributed by atoms with Crippen molar-refractivity contribution < 1.29 is 24.5 Å². The van der Waals surface area contributed by atoms with E-state index < -0.39 is 18.2 Å². The molecule has 0 bridgehead atoms. The predicted molar refractivity (Wildman–Crippen MR) is 255 cm³/mol. The average Bonchev–Trinajstić information content (AvgIpc) is 3.23. The Kier molecular flexibility index (Phi) is 45.6. The molecule has 0 saturated heterocycles. The Morgan fingerprint density at radius 2 is 0.881 bits per heavy atom. The van der Waals surface area contributed by atoms with Crippen LogP contribution in [0, 0.1) is 0 Å². The zero-order valence-electron chi connectivity index (χ0n) is 39.4. The number of ether oxygens (including phenoxy) is 1. The molecule has 0 heterocycles. The highest BCUT2D eigenvalue weighted by Crippen LogP contribution is 2.17. The Bertz CT molecular complexity index is 977. The summed E-state index contributed by atoms with van der Waals surface area (Å²) in [5.74, 6) is -0.503. The Morgan fingerprint density at radius 3 is 1.37 bits per heavy atom. The second-order valence-corrected chi connectivity index (χ2v) is 17.6. The molecule has 3 atom stereocenters. The van der Waals surface area contributed by atoms with Gasteiger partial charge >= 0.3 is 5.97 Å². The van der Waals surface area contributed by atoms with E-state index in [1.54, 1.807) is 0 Å². The minimum Gasteiger partial charge on any atom is -0.462 e. The summed E-state index contributed by atoms with van der Waals surface area (Å²) in [6, 6.07) is -0.706. The van der Waals surface area contributed by atoms with E-state index >= 15 is 0 Å². The lowest BCUT2D eigenvalue weighted by Gasteiger charge is -2.24. The molecule has 6 heteroatoms. The number of nitrogens with one attached hydrogen (secondary N) is 1. The maximum Gasteiger partial charge on any atom is 0.306 e. The van der Waals surface area contributed by atoms with Gasteiger partial charge in [0, 0.05) is 6.42 Å². The van der Waals surface area contributed by atoms with Crippen LogP contribution in [-0.2, 0) is 14.3 Å². The van der Waals surface area contributed by atoms with Gasteiger partial charge in [0.15, 0.2) is 0 Å². The highest BCUT2D eigenvalue weighted by atomic mass is 16.5. The number of rotatable bonds is 46. The van der Waals surface area contributed by atoms with Crippen molar-refractivity contribution in [1.29, 1.82) is 0 Å². The minimum absolute atomic E-state index is 0.0620. The summed E-state index contributed by atoms with van der Waals surface area (Å²) in [4.78, 5) is 26.0. The standard InChI is InChI=1S/C53H99NO5/c1-4-7-10-13-16-19-21-23-24-25-26-27-29-31-34-37-40-43-46-53(58)59-49(44-41-38-35-32-18-15-12-9-6-3)47-52(57)54-50(48-55)51(56)45-42-39-36-33-30-28-22-20-17-14-11-8-5-2/h15,18,24-27,49-51,55-56H,4-14,16-17,19-23,28-48H2,1-3H3,(H,54,57)/b18-15-,25-24+,27-26+. The SMILES string of the molecule is CCCC/C=C\CCCCCC(CC(=O)NC(CO)C(O)CCCCCCCCCCCCCCC)OC(=O)CCCCCCC/C=C/C=C/CCCCCCCCC. The number of aliphatic hydroxyl groups excluding tert-OH is 2. The van der Waals surface area contributed by atoms with Crippen LogP contribution in [0.4, 0.5) is 0 Å². The van der Waals surface area contributed by atoms with Crippen LogP contribution in [0.25, 0.3) is 0 Å². The van der Waals surface area contributed by atoms with E-state index in [9.17, 15) is 19.8 Å². The van der Waals surface area contributed by atoms with Crippen LogP contribution in [0.5, 0.6) is 0 Å². The van der Waals surface area contributed by atoms with Crippen LogP contribution in [0.15, 0.2) is 36.5 Å². The quantitative estimate of drug-likeness (QED) is 0.0246. The zero-order chi connectivity index (χ0) is 43.1. The summed E-state index contributed by atoms with van der Waals surface area (Å²) in [5.41, 5.74) is 0. The topological polar surface area (TPSA) is 95.9 Å². The number of hydrogen-bond acceptors (Lipinski definition) is 5. The molecular formula is C53H99NO5. The van der Waals surface area contributed by atoms with Crippen LogP contribution >= 0.6 is 0 Å². The molecule has 0 aliphatic heterocycles. The van der Waals surface area contributed by atoms with Gasteiger partial charge in [-0.05, 0) is 70.6 Å². The smallest absolute Gasteiger partial charge is 0.306 e. The van der Waals surface area contributed by atoms with Gasteiger partial charge < -0.3 is 20.3 Å². The monoisotopic (exact) mass is 830 g/mol. The molecule has 0 aliphatic rings. The fourth-order valence-corrected chi connectivity index (χ4v) is 7.76. The van der Waals surface area contributed by atoms with Gasteiger partial charge in [0.25, 0.3) is 0 Å². The molecule has 3 N–H and O–H groups in total. The summed E-state index contributed by atoms with van der Waals surface area (Å²) in [6.45, 7) is 6.43. The minimum atomic E-state index is -0.791. The summed E-state index contributed by atoms with van der Waals surface area (Å²) in [6.07, 6.45) is 55.0. The van der Waals surface area contributed by atoms with Crippen molar-refractivity contribution in [3.05, 3.63) is 36.5 Å². The first-order valence-corrected chi connectivity index (χ1v) is 25.7. The van der Waals surface area contributed by atoms with E-state index in [4.69, 9.17) is 4.74 Å². The molecule has 0 rings (SSSR count). The van der Waals surface area contributed by atoms with E-state index in [1.165, 1.54) is 135 Å². The second kappa shape index (κ2) is 47.1. The van der Waals surface area contributed by atoms with Crippen LogP contribution in [-0.4, -0.2) is 46.9 Å². The molecule has 0 aliphatic carbocycles. The number of carbonyl (C=O) groups excluding carboxylic acids is 2. The maximum atomic E-state index is 13.1. The Labute approximate surface area is 366 Å². The lowest BCUT2D eigenvalue weighted by Crippen LogP contribution is -2.46. The number of hydrogen-bond donors (Lipinski definition) is 3. The molecule has 0 aromatic rings. The molecule has 346 valence electrons. The van der Waals surface area contributed by atoms with Crippen molar-refractivity contribution in [2.45, 2.75) is 283 Å². The van der Waals surface area contributed by atoms with Gasteiger partial charge in [-0.25, -0.2) is 0 Å². The highest BCUT2D eigenvalue weighted by Gasteiger charge is 2.24. The van der Waals surface area contributed by atoms with Crippen molar-refractivity contribution in [3.63, 3.8) is 0 Å². The van der Waals surface area contributed by atoms with E-state index in [0.717, 1.165) is 83.5 Å². The van der Waals surface area contributed by atoms with Gasteiger partial charge in [0.2, 0.25) is 5.91 Å². The molecule has 0 aromatic carbocycles. The van der Waals surface area contributed by atoms with Crippen molar-refractivity contribution in [2.75, 3.05) is 6.61 Å². The number of unbranched alkanes of at least 4 members (excludes halogenated alkanes) is 29. The second-order valence-electron chi connectivity index (χ2n) is 17.6. The van der Waals surface area contributed by atoms with E-state index in [0.29, 0.717) is 19.3 Å². The molecule has 6 nitrogen and oxygen atoms in total. The zero-order valence-corrected chi connectivity index (χ0v) is 39.4. The third-order valence-electron chi connectivity index (χ3n) is 11.7. The molecule has 0 fully saturated rings. The highest BCUT2D eigenvalue weighted by molar-refractivity contribution is 5.77. The van der Waals surface area contributed by atoms with Gasteiger partial charge in [-0.2, -0.15) is 0 Å². The van der Waals surface area contributed by atoms with E-state index in [2.05, 4.69) is 62.5 Å². The first-order chi connectivity index (χ1) is 29.0. The van der Waals surface area contributed by atoms with E-state index in [1.807, 2.05) is 0 Å². The van der Waals surface area contributed by atoms with Crippen molar-refractivity contribution >= 4 is 11.9 Å². The number of allylic oxidation sites excluding steroid dienone is 6. The van der Waals surface area contributed by atoms with Gasteiger partial charge in [0.1, 0.15) is 6.10 Å². The summed E-state index contributed by atoms with van der Waals surface area (Å²) < 4.78 is 5.90. The Morgan fingerprint density at radius 1 is 0.492 bits per heavy atom. The van der Waals surface area contributed by atoms with Gasteiger partial charge in [0.05, 0.1) is 25.2 Å². The summed E-state index contributed by atoms with van der Waals surface area (Å²) in [5, 5.41) is 23.7. The lowest BCUT2D eigenvalue weighted by atomic mass is 10.0. The van der Waals surface area contributed by atoms with Crippen molar-refractivity contribution in [1.82, 2.24) is 5.32 Å². The van der Waals surface area contributed by atoms with Gasteiger partial charge in [-0.3, -0.25) is 9.59 Å². The maximum absolute atomic E-state index is 13.1. The third-order valence-corrected chi connectivity index (χ3v) is 11.7. The van der Waals surface area contributed by atoms with Gasteiger partial charge in [-0.15, -0.1) is 0 Å². The predicted octanol–water partition coefficient (Wildman–Crippen LogP) is 15.3. The van der Waals surface area contributed by atoms with Crippen LogP contribution in [0.1, 0.15) is 265 Å². The number of aliphatic hydroxyl groups is 2. The fraction of sp³-hybridized carbons (Fsp3) is 0.849. The molecule has 0 spiro atoms. The fourth-order valence-electron chi connectivity index (χ4n) is 7.76. The summed E-state index contributed by atoms with van der Waals surface area (Å²) >= 11 is 0. The molecule has 0 aromatic heterocycles. The number of carbonyl (C=O) groups is 2. The van der Waals surface area contributed by atoms with Crippen molar-refractivity contribution in [2.24, 2.45) is 0 Å². The number of amides is 1. The van der Waals surface area contributed by atoms with Gasteiger partial charge in [-0.1, -0.05) is 218 Å². The first-order valence-electron chi connectivity index (χ1n) is 25.7. The van der Waals surface area contributed by atoms with E-state index in [-0.39, 0.29) is 24.9 Å². The first kappa shape index (κ1) is 57.1. The molecular weight excluding hydrogens is 731 g/mol. The molecule has 0 radical (unpaired) electrons. The largest absolute Gasteiger partial charge is 0.462 e. The molecule has 1 amide bonds. The molecule has 59 heavy (non-hydrogen) atoms. The van der Waals surface area contributed by atoms with Crippen LogP contribution < -0.4 is 5.32 Å².